The predicted molar refractivity (Wildman–Crippen MR) is 103 cm³/mol. The molecule has 3 aromatic rings. The molecule has 0 fully saturated rings. The summed E-state index contributed by atoms with van der Waals surface area (Å²) >= 11 is 0. The Kier molecular flexibility index (Phi) is 5.53. The van der Waals surface area contributed by atoms with Gasteiger partial charge in [-0.05, 0) is 44.5 Å². The molecule has 1 amide bonds. The Bertz CT molecular complexity index is 1020. The van der Waals surface area contributed by atoms with E-state index in [0.29, 0.717) is 30.0 Å². The van der Waals surface area contributed by atoms with Crippen molar-refractivity contribution < 1.29 is 9.72 Å². The van der Waals surface area contributed by atoms with Gasteiger partial charge in [0, 0.05) is 18.3 Å². The van der Waals surface area contributed by atoms with Gasteiger partial charge in [0.2, 0.25) is 0 Å². The van der Waals surface area contributed by atoms with Gasteiger partial charge in [-0.15, -0.1) is 0 Å². The highest BCUT2D eigenvalue weighted by Gasteiger charge is 2.21. The number of carbonyl (C=O) groups excluding carboxylic acids is 1. The van der Waals surface area contributed by atoms with Crippen LogP contribution in [0.5, 0.6) is 0 Å². The van der Waals surface area contributed by atoms with Gasteiger partial charge in [0.1, 0.15) is 11.4 Å². The Morgan fingerprint density at radius 1 is 1.25 bits per heavy atom. The molecule has 2 heterocycles. The SMILES string of the molecule is CCn1ccc(CNC(=O)c2cccc(Cn3nc(C)c([N+](=O)[O-])c3C)c2)n1. The first-order valence-electron chi connectivity index (χ1n) is 8.97. The molecular formula is C19H22N6O3. The molecule has 146 valence electrons. The highest BCUT2D eigenvalue weighted by atomic mass is 16.6. The molecule has 9 heteroatoms. The number of amides is 1. The van der Waals surface area contributed by atoms with Gasteiger partial charge in [-0.1, -0.05) is 12.1 Å². The maximum atomic E-state index is 12.5. The van der Waals surface area contributed by atoms with Gasteiger partial charge in [0.25, 0.3) is 5.91 Å². The van der Waals surface area contributed by atoms with Crippen LogP contribution in [0, 0.1) is 24.0 Å². The van der Waals surface area contributed by atoms with E-state index in [9.17, 15) is 14.9 Å². The molecule has 0 aliphatic heterocycles. The molecule has 3 rings (SSSR count). The lowest BCUT2D eigenvalue weighted by Gasteiger charge is -2.07. The fourth-order valence-corrected chi connectivity index (χ4v) is 3.04. The largest absolute Gasteiger partial charge is 0.346 e. The Hall–Kier alpha value is -3.49. The molecule has 28 heavy (non-hydrogen) atoms. The Balaban J connectivity index is 1.70. The number of aromatic nitrogens is 4. The molecule has 0 saturated heterocycles. The number of rotatable bonds is 7. The highest BCUT2D eigenvalue weighted by molar-refractivity contribution is 5.94. The van der Waals surface area contributed by atoms with Crippen molar-refractivity contribution in [1.29, 1.82) is 0 Å². The second-order valence-corrected chi connectivity index (χ2v) is 6.48. The quantitative estimate of drug-likeness (QED) is 0.499. The Morgan fingerprint density at radius 3 is 2.68 bits per heavy atom. The molecule has 0 unspecified atom stereocenters. The highest BCUT2D eigenvalue weighted by Crippen LogP contribution is 2.22. The number of benzene rings is 1. The third-order valence-electron chi connectivity index (χ3n) is 4.50. The number of hydrogen-bond acceptors (Lipinski definition) is 5. The molecule has 0 saturated carbocycles. The summed E-state index contributed by atoms with van der Waals surface area (Å²) in [6.45, 7) is 6.76. The van der Waals surface area contributed by atoms with Crippen molar-refractivity contribution in [2.45, 2.75) is 40.4 Å². The minimum absolute atomic E-state index is 0.0282. The first-order valence-corrected chi connectivity index (χ1v) is 8.97. The fraction of sp³-hybridized carbons (Fsp3) is 0.316. The Labute approximate surface area is 162 Å². The number of carbonyl (C=O) groups is 1. The van der Waals surface area contributed by atoms with E-state index in [1.807, 2.05) is 25.3 Å². The van der Waals surface area contributed by atoms with Crippen molar-refractivity contribution in [3.05, 3.63) is 74.9 Å². The molecule has 9 nitrogen and oxygen atoms in total. The monoisotopic (exact) mass is 382 g/mol. The Morgan fingerprint density at radius 2 is 2.04 bits per heavy atom. The zero-order valence-corrected chi connectivity index (χ0v) is 16.0. The molecule has 0 radical (unpaired) electrons. The van der Waals surface area contributed by atoms with E-state index in [4.69, 9.17) is 0 Å². The number of hydrogen-bond donors (Lipinski definition) is 1. The summed E-state index contributed by atoms with van der Waals surface area (Å²) < 4.78 is 3.39. The van der Waals surface area contributed by atoms with E-state index < -0.39 is 4.92 Å². The molecule has 0 atom stereocenters. The number of nitrogens with zero attached hydrogens (tertiary/aromatic N) is 5. The van der Waals surface area contributed by atoms with Crippen LogP contribution in [0.15, 0.2) is 36.5 Å². The lowest BCUT2D eigenvalue weighted by atomic mass is 10.1. The molecule has 0 aliphatic carbocycles. The number of aryl methyl sites for hydroxylation is 2. The van der Waals surface area contributed by atoms with Crippen molar-refractivity contribution in [1.82, 2.24) is 24.9 Å². The van der Waals surface area contributed by atoms with Gasteiger partial charge < -0.3 is 5.32 Å². The summed E-state index contributed by atoms with van der Waals surface area (Å²) in [5.41, 5.74) is 3.04. The summed E-state index contributed by atoms with van der Waals surface area (Å²) in [7, 11) is 0. The third-order valence-corrected chi connectivity index (χ3v) is 4.50. The minimum Gasteiger partial charge on any atom is -0.346 e. The van der Waals surface area contributed by atoms with Crippen LogP contribution in [0.4, 0.5) is 5.69 Å². The van der Waals surface area contributed by atoms with E-state index in [0.717, 1.165) is 17.8 Å². The lowest BCUT2D eigenvalue weighted by molar-refractivity contribution is -0.386. The van der Waals surface area contributed by atoms with Crippen LogP contribution in [0.1, 0.15) is 39.9 Å². The molecule has 0 bridgehead atoms. The molecule has 0 aliphatic rings. The summed E-state index contributed by atoms with van der Waals surface area (Å²) in [4.78, 5) is 23.2. The van der Waals surface area contributed by atoms with E-state index in [1.165, 1.54) is 0 Å². The van der Waals surface area contributed by atoms with Crippen LogP contribution in [-0.2, 0) is 19.6 Å². The van der Waals surface area contributed by atoms with E-state index in [2.05, 4.69) is 15.5 Å². The zero-order valence-electron chi connectivity index (χ0n) is 16.0. The molecule has 1 aromatic carbocycles. The van der Waals surface area contributed by atoms with E-state index in [-0.39, 0.29) is 11.6 Å². The zero-order chi connectivity index (χ0) is 20.3. The topological polar surface area (TPSA) is 108 Å². The van der Waals surface area contributed by atoms with Gasteiger partial charge in [-0.2, -0.15) is 10.2 Å². The lowest BCUT2D eigenvalue weighted by Crippen LogP contribution is -2.23. The van der Waals surface area contributed by atoms with E-state index in [1.54, 1.807) is 41.4 Å². The summed E-state index contributed by atoms with van der Waals surface area (Å²) in [6, 6.07) is 9.02. The second kappa shape index (κ2) is 8.03. The van der Waals surface area contributed by atoms with Crippen LogP contribution in [0.3, 0.4) is 0 Å². The van der Waals surface area contributed by atoms with Crippen LogP contribution in [-0.4, -0.2) is 30.4 Å². The van der Waals surface area contributed by atoms with Gasteiger partial charge in [-0.3, -0.25) is 24.3 Å². The molecule has 0 spiro atoms. The normalized spacial score (nSPS) is 10.8. The smallest absolute Gasteiger partial charge is 0.312 e. The van der Waals surface area contributed by atoms with Gasteiger partial charge in [-0.25, -0.2) is 0 Å². The van der Waals surface area contributed by atoms with Crippen LogP contribution in [0.2, 0.25) is 0 Å². The predicted octanol–water partition coefficient (Wildman–Crippen LogP) is 2.60. The van der Waals surface area contributed by atoms with Crippen molar-refractivity contribution in [2.75, 3.05) is 0 Å². The number of nitrogens with one attached hydrogen (secondary N) is 1. The van der Waals surface area contributed by atoms with Crippen molar-refractivity contribution in [3.63, 3.8) is 0 Å². The first kappa shape index (κ1) is 19.3. The van der Waals surface area contributed by atoms with Gasteiger partial charge in [0.05, 0.1) is 23.7 Å². The second-order valence-electron chi connectivity index (χ2n) is 6.48. The maximum Gasteiger partial charge on any atom is 0.312 e. The average Bonchev–Trinajstić information content (AvgIpc) is 3.24. The fourth-order valence-electron chi connectivity index (χ4n) is 3.04. The van der Waals surface area contributed by atoms with Gasteiger partial charge >= 0.3 is 5.69 Å². The summed E-state index contributed by atoms with van der Waals surface area (Å²) in [5.74, 6) is -0.202. The van der Waals surface area contributed by atoms with Crippen molar-refractivity contribution >= 4 is 11.6 Å². The first-order chi connectivity index (χ1) is 13.4. The van der Waals surface area contributed by atoms with Crippen molar-refractivity contribution in [2.24, 2.45) is 0 Å². The van der Waals surface area contributed by atoms with Crippen LogP contribution < -0.4 is 5.32 Å². The summed E-state index contributed by atoms with van der Waals surface area (Å²) in [5, 5.41) is 22.6. The maximum absolute atomic E-state index is 12.5. The third kappa shape index (κ3) is 4.08. The summed E-state index contributed by atoms with van der Waals surface area (Å²) in [6.07, 6.45) is 1.87. The van der Waals surface area contributed by atoms with Crippen LogP contribution >= 0.6 is 0 Å². The molecule has 1 N–H and O–H groups in total. The van der Waals surface area contributed by atoms with Gasteiger partial charge in [0.15, 0.2) is 0 Å². The van der Waals surface area contributed by atoms with Crippen molar-refractivity contribution in [3.8, 4) is 0 Å². The number of nitro groups is 1. The van der Waals surface area contributed by atoms with E-state index >= 15 is 0 Å². The molecule has 2 aromatic heterocycles. The van der Waals surface area contributed by atoms with Crippen LogP contribution in [0.25, 0.3) is 0 Å². The standard InChI is InChI=1S/C19H22N6O3/c1-4-23-9-8-17(22-23)11-20-19(26)16-7-5-6-15(10-16)12-24-14(3)18(25(27)28)13(2)21-24/h5-10H,4,11-12H2,1-3H3,(H,20,26). The average molecular weight is 382 g/mol. The minimum atomic E-state index is -0.419. The molecular weight excluding hydrogens is 360 g/mol.